The lowest BCUT2D eigenvalue weighted by Crippen LogP contribution is -2.48. The molecule has 1 aliphatic carbocycles. The highest BCUT2D eigenvalue weighted by Crippen LogP contribution is 2.50. The summed E-state index contributed by atoms with van der Waals surface area (Å²) in [5, 5.41) is 6.24. The van der Waals surface area contributed by atoms with E-state index >= 15 is 0 Å². The Balaban J connectivity index is 1.43. The average Bonchev–Trinajstić information content (AvgIpc) is 2.58. The van der Waals surface area contributed by atoms with E-state index in [1.54, 1.807) is 0 Å². The largest absolute Gasteiger partial charge is 0.381 e. The summed E-state index contributed by atoms with van der Waals surface area (Å²) < 4.78 is 5.25. The lowest BCUT2D eigenvalue weighted by molar-refractivity contribution is -0.123. The smallest absolute Gasteiger partial charge is 0.223 e. The Kier molecular flexibility index (Phi) is 1.99. The summed E-state index contributed by atoms with van der Waals surface area (Å²) in [7, 11) is 0. The van der Waals surface area contributed by atoms with Crippen molar-refractivity contribution >= 4 is 5.91 Å². The maximum atomic E-state index is 11.7. The summed E-state index contributed by atoms with van der Waals surface area (Å²) >= 11 is 0. The van der Waals surface area contributed by atoms with Crippen LogP contribution in [0.5, 0.6) is 0 Å². The summed E-state index contributed by atoms with van der Waals surface area (Å²) in [6.45, 7) is 4.56. The highest BCUT2D eigenvalue weighted by atomic mass is 16.5. The number of carbonyl (C=O) groups excluding carboxylic acids is 1. The summed E-state index contributed by atoms with van der Waals surface area (Å²) in [6.07, 6.45) is 0. The average molecular weight is 196 g/mol. The zero-order chi connectivity index (χ0) is 9.54. The molecule has 3 aliphatic rings. The van der Waals surface area contributed by atoms with E-state index in [9.17, 15) is 4.79 Å². The molecular weight excluding hydrogens is 180 g/mol. The molecule has 14 heavy (non-hydrogen) atoms. The van der Waals surface area contributed by atoms with Gasteiger partial charge in [-0.05, 0) is 11.8 Å². The fraction of sp³-hybridized carbons (Fsp3) is 0.900. The van der Waals surface area contributed by atoms with Crippen molar-refractivity contribution in [1.29, 1.82) is 0 Å². The summed E-state index contributed by atoms with van der Waals surface area (Å²) in [6, 6.07) is 0. The molecule has 2 heterocycles. The number of ether oxygens (including phenoxy) is 1. The van der Waals surface area contributed by atoms with Crippen LogP contribution in [0.15, 0.2) is 0 Å². The first-order chi connectivity index (χ1) is 6.86. The third-order valence-corrected chi connectivity index (χ3v) is 3.69. The van der Waals surface area contributed by atoms with Gasteiger partial charge in [-0.3, -0.25) is 4.79 Å². The van der Waals surface area contributed by atoms with Gasteiger partial charge < -0.3 is 15.4 Å². The Morgan fingerprint density at radius 1 is 1.36 bits per heavy atom. The van der Waals surface area contributed by atoms with Gasteiger partial charge in [0.05, 0.1) is 13.2 Å². The molecule has 4 nitrogen and oxygen atoms in total. The Hall–Kier alpha value is -0.610. The predicted molar refractivity (Wildman–Crippen MR) is 50.7 cm³/mol. The van der Waals surface area contributed by atoms with Crippen LogP contribution in [-0.2, 0) is 9.53 Å². The molecule has 3 fully saturated rings. The van der Waals surface area contributed by atoms with Gasteiger partial charge in [-0.2, -0.15) is 0 Å². The molecule has 0 spiro atoms. The zero-order valence-corrected chi connectivity index (χ0v) is 8.16. The fourth-order valence-corrected chi connectivity index (χ4v) is 2.48. The molecule has 2 saturated heterocycles. The lowest BCUT2D eigenvalue weighted by atomic mass is 10.0. The van der Waals surface area contributed by atoms with E-state index < -0.39 is 0 Å². The summed E-state index contributed by atoms with van der Waals surface area (Å²) in [4.78, 5) is 11.7. The standard InChI is InChI=1S/C10H16N2O2/c13-10(12-3-6-1-11-2-6)9-7-4-14-5-8(7)9/h6-9,11H,1-5H2,(H,12,13). The summed E-state index contributed by atoms with van der Waals surface area (Å²) in [5.41, 5.74) is 0. The number of amides is 1. The Bertz CT molecular complexity index is 243. The minimum atomic E-state index is 0.259. The van der Waals surface area contributed by atoms with Gasteiger partial charge in [0.15, 0.2) is 0 Å². The monoisotopic (exact) mass is 196 g/mol. The van der Waals surface area contributed by atoms with Crippen LogP contribution in [0.3, 0.4) is 0 Å². The maximum absolute atomic E-state index is 11.7. The quantitative estimate of drug-likeness (QED) is 0.622. The van der Waals surface area contributed by atoms with Gasteiger partial charge in [0.1, 0.15) is 0 Å². The minimum Gasteiger partial charge on any atom is -0.381 e. The number of hydrogen-bond donors (Lipinski definition) is 2. The molecule has 0 radical (unpaired) electrons. The fourth-order valence-electron chi connectivity index (χ4n) is 2.48. The summed E-state index contributed by atoms with van der Waals surface area (Å²) in [5.74, 6) is 2.27. The van der Waals surface area contributed by atoms with Crippen molar-refractivity contribution in [2.45, 2.75) is 0 Å². The van der Waals surface area contributed by atoms with E-state index in [1.807, 2.05) is 0 Å². The SMILES string of the molecule is O=C(NCC1CNC1)C1C2COCC21. The first-order valence-corrected chi connectivity index (χ1v) is 5.42. The molecular formula is C10H16N2O2. The van der Waals surface area contributed by atoms with Gasteiger partial charge in [0.2, 0.25) is 5.91 Å². The van der Waals surface area contributed by atoms with Gasteiger partial charge in [0.25, 0.3) is 0 Å². The molecule has 0 bridgehead atoms. The van der Waals surface area contributed by atoms with Gasteiger partial charge >= 0.3 is 0 Å². The van der Waals surface area contributed by atoms with Gasteiger partial charge in [-0.15, -0.1) is 0 Å². The molecule has 2 unspecified atom stereocenters. The van der Waals surface area contributed by atoms with E-state index in [-0.39, 0.29) is 11.8 Å². The van der Waals surface area contributed by atoms with Crippen molar-refractivity contribution in [3.05, 3.63) is 0 Å². The molecule has 2 aliphatic heterocycles. The predicted octanol–water partition coefficient (Wildman–Crippen LogP) is -0.786. The second-order valence-corrected chi connectivity index (χ2v) is 4.66. The molecule has 3 rings (SSSR count). The second kappa shape index (κ2) is 3.21. The second-order valence-electron chi connectivity index (χ2n) is 4.66. The van der Waals surface area contributed by atoms with Crippen LogP contribution in [0.1, 0.15) is 0 Å². The van der Waals surface area contributed by atoms with Gasteiger partial charge in [-0.1, -0.05) is 0 Å². The van der Waals surface area contributed by atoms with Crippen LogP contribution in [0.4, 0.5) is 0 Å². The van der Waals surface area contributed by atoms with Crippen LogP contribution in [0, 0.1) is 23.7 Å². The van der Waals surface area contributed by atoms with E-state index in [1.165, 1.54) is 0 Å². The van der Waals surface area contributed by atoms with Crippen molar-refractivity contribution < 1.29 is 9.53 Å². The molecule has 0 aromatic rings. The normalized spacial score (nSPS) is 40.1. The van der Waals surface area contributed by atoms with E-state index in [2.05, 4.69) is 10.6 Å². The van der Waals surface area contributed by atoms with Crippen LogP contribution in [0.2, 0.25) is 0 Å². The number of carbonyl (C=O) groups is 1. The van der Waals surface area contributed by atoms with E-state index in [0.717, 1.165) is 32.8 Å². The lowest BCUT2D eigenvalue weighted by Gasteiger charge is -2.27. The van der Waals surface area contributed by atoms with Crippen LogP contribution < -0.4 is 10.6 Å². The Morgan fingerprint density at radius 2 is 2.07 bits per heavy atom. The molecule has 4 heteroatoms. The number of hydrogen-bond acceptors (Lipinski definition) is 3. The highest BCUT2D eigenvalue weighted by Gasteiger charge is 2.57. The maximum Gasteiger partial charge on any atom is 0.223 e. The molecule has 78 valence electrons. The number of rotatable bonds is 3. The molecule has 1 saturated carbocycles. The van der Waals surface area contributed by atoms with Crippen molar-refractivity contribution in [2.24, 2.45) is 23.7 Å². The van der Waals surface area contributed by atoms with Crippen molar-refractivity contribution in [3.8, 4) is 0 Å². The third-order valence-electron chi connectivity index (χ3n) is 3.69. The number of fused-ring (bicyclic) bond motifs is 1. The Morgan fingerprint density at radius 3 is 2.64 bits per heavy atom. The van der Waals surface area contributed by atoms with E-state index in [4.69, 9.17) is 4.74 Å². The topological polar surface area (TPSA) is 50.4 Å². The van der Waals surface area contributed by atoms with Crippen molar-refractivity contribution in [1.82, 2.24) is 10.6 Å². The van der Waals surface area contributed by atoms with Crippen molar-refractivity contribution in [2.75, 3.05) is 32.8 Å². The van der Waals surface area contributed by atoms with Crippen molar-refractivity contribution in [3.63, 3.8) is 0 Å². The van der Waals surface area contributed by atoms with Gasteiger partial charge in [0, 0.05) is 31.5 Å². The number of nitrogens with one attached hydrogen (secondary N) is 2. The van der Waals surface area contributed by atoms with Crippen LogP contribution in [-0.4, -0.2) is 38.8 Å². The van der Waals surface area contributed by atoms with Crippen LogP contribution in [0.25, 0.3) is 0 Å². The third kappa shape index (κ3) is 1.33. The molecule has 0 aromatic carbocycles. The first kappa shape index (κ1) is 8.68. The Labute approximate surface area is 83.4 Å². The molecule has 1 amide bonds. The highest BCUT2D eigenvalue weighted by molar-refractivity contribution is 5.82. The van der Waals surface area contributed by atoms with Crippen LogP contribution >= 0.6 is 0 Å². The molecule has 2 N–H and O–H groups in total. The van der Waals surface area contributed by atoms with Gasteiger partial charge in [-0.25, -0.2) is 0 Å². The minimum absolute atomic E-state index is 0.259. The van der Waals surface area contributed by atoms with E-state index in [0.29, 0.717) is 17.8 Å². The molecule has 0 aromatic heterocycles. The zero-order valence-electron chi connectivity index (χ0n) is 8.16. The first-order valence-electron chi connectivity index (χ1n) is 5.42. The molecule has 2 atom stereocenters.